The number of nitrogens with zero attached hydrogens (tertiary/aromatic N) is 3. The fourth-order valence-corrected chi connectivity index (χ4v) is 3.23. The summed E-state index contributed by atoms with van der Waals surface area (Å²) in [5.74, 6) is 0.549. The highest BCUT2D eigenvalue weighted by atomic mass is 16.1. The zero-order valence-corrected chi connectivity index (χ0v) is 13.8. The zero-order chi connectivity index (χ0) is 16.2. The molecule has 1 aromatic heterocycles. The van der Waals surface area contributed by atoms with Crippen LogP contribution in [-0.4, -0.2) is 39.7 Å². The lowest BCUT2D eigenvalue weighted by Crippen LogP contribution is -2.40. The molecule has 5 nitrogen and oxygen atoms in total. The fourth-order valence-electron chi connectivity index (χ4n) is 3.23. The van der Waals surface area contributed by atoms with Gasteiger partial charge in [0.25, 0.3) is 0 Å². The van der Waals surface area contributed by atoms with Crippen LogP contribution in [0.3, 0.4) is 0 Å². The summed E-state index contributed by atoms with van der Waals surface area (Å²) < 4.78 is 1.72. The summed E-state index contributed by atoms with van der Waals surface area (Å²) in [6.45, 7) is 5.09. The van der Waals surface area contributed by atoms with Gasteiger partial charge in [-0.25, -0.2) is 0 Å². The number of amides is 1. The average molecular weight is 312 g/mol. The van der Waals surface area contributed by atoms with Crippen molar-refractivity contribution >= 4 is 5.91 Å². The van der Waals surface area contributed by atoms with Crippen molar-refractivity contribution in [1.82, 2.24) is 20.0 Å². The number of nitrogens with one attached hydrogen (secondary N) is 1. The maximum atomic E-state index is 12.2. The van der Waals surface area contributed by atoms with Crippen LogP contribution in [-0.2, 0) is 24.8 Å². The predicted molar refractivity (Wildman–Crippen MR) is 89.7 cm³/mol. The maximum Gasteiger partial charge on any atom is 0.224 e. The summed E-state index contributed by atoms with van der Waals surface area (Å²) in [7, 11) is 1.86. The molecule has 5 heteroatoms. The van der Waals surface area contributed by atoms with Crippen molar-refractivity contribution in [2.45, 2.75) is 25.9 Å². The van der Waals surface area contributed by atoms with Crippen molar-refractivity contribution in [3.05, 3.63) is 53.9 Å². The molecule has 0 aliphatic carbocycles. The Balaban J connectivity index is 1.51. The molecule has 0 bridgehead atoms. The van der Waals surface area contributed by atoms with Gasteiger partial charge in [-0.05, 0) is 17.0 Å². The van der Waals surface area contributed by atoms with Crippen LogP contribution >= 0.6 is 0 Å². The second-order valence-electron chi connectivity index (χ2n) is 6.53. The molecule has 122 valence electrons. The van der Waals surface area contributed by atoms with Gasteiger partial charge in [0.05, 0.1) is 12.6 Å². The monoisotopic (exact) mass is 312 g/mol. The van der Waals surface area contributed by atoms with Crippen LogP contribution in [0.25, 0.3) is 0 Å². The molecule has 1 aromatic carbocycles. The Morgan fingerprint density at radius 2 is 2.04 bits per heavy atom. The number of hydrogen-bond acceptors (Lipinski definition) is 3. The topological polar surface area (TPSA) is 50.2 Å². The molecule has 1 amide bonds. The van der Waals surface area contributed by atoms with E-state index < -0.39 is 0 Å². The van der Waals surface area contributed by atoms with Gasteiger partial charge in [-0.2, -0.15) is 5.10 Å². The van der Waals surface area contributed by atoms with Gasteiger partial charge in [0.2, 0.25) is 5.91 Å². The molecule has 1 aliphatic heterocycles. The van der Waals surface area contributed by atoms with Crippen LogP contribution in [0.15, 0.2) is 42.7 Å². The summed E-state index contributed by atoms with van der Waals surface area (Å²) in [4.78, 5) is 14.6. The van der Waals surface area contributed by atoms with E-state index in [1.807, 2.05) is 19.3 Å². The van der Waals surface area contributed by atoms with E-state index in [0.29, 0.717) is 12.3 Å². The third-order valence-corrected chi connectivity index (χ3v) is 4.41. The largest absolute Gasteiger partial charge is 0.351 e. The molecule has 2 unspecified atom stereocenters. The van der Waals surface area contributed by atoms with Gasteiger partial charge in [-0.3, -0.25) is 14.4 Å². The molecule has 0 spiro atoms. The molecule has 23 heavy (non-hydrogen) atoms. The average Bonchev–Trinajstić information content (AvgIpc) is 3.06. The van der Waals surface area contributed by atoms with Crippen LogP contribution in [0.4, 0.5) is 0 Å². The van der Waals surface area contributed by atoms with Crippen LogP contribution in [0.2, 0.25) is 0 Å². The lowest BCUT2D eigenvalue weighted by molar-refractivity contribution is -0.121. The molecule has 3 rings (SSSR count). The number of likely N-dealkylation sites (tertiary alicyclic amines) is 1. The van der Waals surface area contributed by atoms with Gasteiger partial charge < -0.3 is 5.32 Å². The molecule has 0 radical (unpaired) electrons. The summed E-state index contributed by atoms with van der Waals surface area (Å²) in [5, 5.41) is 7.29. The van der Waals surface area contributed by atoms with Crippen LogP contribution in [0.5, 0.6) is 0 Å². The molecule has 2 atom stereocenters. The first-order valence-electron chi connectivity index (χ1n) is 8.13. The zero-order valence-electron chi connectivity index (χ0n) is 13.8. The normalized spacial score (nSPS) is 21.5. The number of aromatic nitrogens is 2. The van der Waals surface area contributed by atoms with E-state index >= 15 is 0 Å². The first-order chi connectivity index (χ1) is 11.1. The van der Waals surface area contributed by atoms with Crippen molar-refractivity contribution < 1.29 is 4.79 Å². The van der Waals surface area contributed by atoms with E-state index in [0.717, 1.165) is 25.2 Å². The maximum absolute atomic E-state index is 12.2. The summed E-state index contributed by atoms with van der Waals surface area (Å²) in [6.07, 6.45) is 4.04. The Kier molecular flexibility index (Phi) is 4.76. The van der Waals surface area contributed by atoms with Crippen molar-refractivity contribution in [3.8, 4) is 0 Å². The highest BCUT2D eigenvalue weighted by molar-refractivity contribution is 5.78. The lowest BCUT2D eigenvalue weighted by atomic mass is 10.1. The summed E-state index contributed by atoms with van der Waals surface area (Å²) in [6, 6.07) is 10.7. The van der Waals surface area contributed by atoms with Gasteiger partial charge >= 0.3 is 0 Å². The van der Waals surface area contributed by atoms with E-state index in [9.17, 15) is 4.79 Å². The van der Waals surface area contributed by atoms with Gasteiger partial charge in [-0.1, -0.05) is 37.3 Å². The summed E-state index contributed by atoms with van der Waals surface area (Å²) in [5.41, 5.74) is 2.28. The van der Waals surface area contributed by atoms with Crippen LogP contribution in [0.1, 0.15) is 18.1 Å². The molecule has 2 heterocycles. The van der Waals surface area contributed by atoms with E-state index in [1.54, 1.807) is 10.9 Å². The van der Waals surface area contributed by atoms with Gasteiger partial charge in [-0.15, -0.1) is 0 Å². The quantitative estimate of drug-likeness (QED) is 0.912. The minimum absolute atomic E-state index is 0.0800. The number of carbonyl (C=O) groups is 1. The Labute approximate surface area is 137 Å². The first kappa shape index (κ1) is 15.7. The smallest absolute Gasteiger partial charge is 0.224 e. The van der Waals surface area contributed by atoms with Crippen LogP contribution in [0, 0.1) is 5.92 Å². The Morgan fingerprint density at radius 3 is 2.74 bits per heavy atom. The van der Waals surface area contributed by atoms with E-state index in [4.69, 9.17) is 0 Å². The lowest BCUT2D eigenvalue weighted by Gasteiger charge is -2.17. The minimum Gasteiger partial charge on any atom is -0.351 e. The van der Waals surface area contributed by atoms with Crippen molar-refractivity contribution in [3.63, 3.8) is 0 Å². The summed E-state index contributed by atoms with van der Waals surface area (Å²) >= 11 is 0. The van der Waals surface area contributed by atoms with Crippen molar-refractivity contribution in [1.29, 1.82) is 0 Å². The molecular weight excluding hydrogens is 288 g/mol. The Bertz CT molecular complexity index is 652. The van der Waals surface area contributed by atoms with Crippen LogP contribution < -0.4 is 5.32 Å². The van der Waals surface area contributed by atoms with Gasteiger partial charge in [0.15, 0.2) is 0 Å². The molecule has 1 aliphatic rings. The number of hydrogen-bond donors (Lipinski definition) is 1. The predicted octanol–water partition coefficient (Wildman–Crippen LogP) is 1.60. The minimum atomic E-state index is 0.0800. The molecule has 2 aromatic rings. The Hall–Kier alpha value is -2.14. The van der Waals surface area contributed by atoms with E-state index in [-0.39, 0.29) is 11.9 Å². The SMILES string of the molecule is CC1CN(Cc2ccccc2)CC1NC(=O)Cc1cnn(C)c1. The number of carbonyl (C=O) groups excluding carboxylic acids is 1. The van der Waals surface area contributed by atoms with E-state index in [1.165, 1.54) is 5.56 Å². The second-order valence-corrected chi connectivity index (χ2v) is 6.53. The highest BCUT2D eigenvalue weighted by Gasteiger charge is 2.30. The van der Waals surface area contributed by atoms with Crippen molar-refractivity contribution in [2.24, 2.45) is 13.0 Å². The Morgan fingerprint density at radius 1 is 1.26 bits per heavy atom. The first-order valence-corrected chi connectivity index (χ1v) is 8.13. The van der Waals surface area contributed by atoms with Gasteiger partial charge in [0, 0.05) is 38.9 Å². The molecular formula is C18H24N4O. The molecule has 1 N–H and O–H groups in total. The van der Waals surface area contributed by atoms with Gasteiger partial charge in [0.1, 0.15) is 0 Å². The molecule has 1 saturated heterocycles. The second kappa shape index (κ2) is 6.96. The standard InChI is InChI=1S/C18H24N4O/c1-14-10-22(12-15-6-4-3-5-7-15)13-17(14)20-18(23)8-16-9-19-21(2)11-16/h3-7,9,11,14,17H,8,10,12-13H2,1-2H3,(H,20,23). The number of aryl methyl sites for hydroxylation is 1. The van der Waals surface area contributed by atoms with E-state index in [2.05, 4.69) is 46.5 Å². The highest BCUT2D eigenvalue weighted by Crippen LogP contribution is 2.19. The third-order valence-electron chi connectivity index (χ3n) is 4.41. The molecule has 0 saturated carbocycles. The number of benzene rings is 1. The fraction of sp³-hybridized carbons (Fsp3) is 0.444. The number of rotatable bonds is 5. The third kappa shape index (κ3) is 4.20. The van der Waals surface area contributed by atoms with Crippen molar-refractivity contribution in [2.75, 3.05) is 13.1 Å². The molecule has 1 fully saturated rings.